The highest BCUT2D eigenvalue weighted by molar-refractivity contribution is 6.36. The average Bonchev–Trinajstić information content (AvgIpc) is 2.35. The standard InChI is InChI=1S/C12H13Cl2FO/c13-8-10(14)12(16)7-6-11(15)9-4-2-1-3-5-9/h1-5,10-11H,6-8H2. The number of halogens is 3. The summed E-state index contributed by atoms with van der Waals surface area (Å²) in [4.78, 5) is 11.3. The molecule has 0 aliphatic rings. The molecule has 1 rings (SSSR count). The van der Waals surface area contributed by atoms with Gasteiger partial charge in [0, 0.05) is 12.3 Å². The predicted molar refractivity (Wildman–Crippen MR) is 64.9 cm³/mol. The normalized spacial score (nSPS) is 14.4. The molecule has 1 aromatic carbocycles. The predicted octanol–water partition coefficient (Wildman–Crippen LogP) is 3.89. The second-order valence-corrected chi connectivity index (χ2v) is 4.34. The molecule has 1 nitrogen and oxygen atoms in total. The molecule has 0 saturated heterocycles. The van der Waals surface area contributed by atoms with Gasteiger partial charge in [-0.1, -0.05) is 30.3 Å². The van der Waals surface area contributed by atoms with Crippen molar-refractivity contribution in [3.05, 3.63) is 35.9 Å². The number of alkyl halides is 3. The van der Waals surface area contributed by atoms with E-state index in [4.69, 9.17) is 23.2 Å². The zero-order valence-electron chi connectivity index (χ0n) is 8.70. The maximum Gasteiger partial charge on any atom is 0.152 e. The Morgan fingerprint density at radius 1 is 1.31 bits per heavy atom. The van der Waals surface area contributed by atoms with Crippen LogP contribution in [0.15, 0.2) is 30.3 Å². The van der Waals surface area contributed by atoms with Crippen LogP contribution in [0.2, 0.25) is 0 Å². The number of ketones is 1. The smallest absolute Gasteiger partial charge is 0.152 e. The van der Waals surface area contributed by atoms with Crippen LogP contribution in [0.5, 0.6) is 0 Å². The van der Waals surface area contributed by atoms with Crippen LogP contribution in [0.4, 0.5) is 4.39 Å². The molecular weight excluding hydrogens is 250 g/mol. The average molecular weight is 263 g/mol. The van der Waals surface area contributed by atoms with E-state index in [2.05, 4.69) is 0 Å². The van der Waals surface area contributed by atoms with Gasteiger partial charge in [0.15, 0.2) is 5.78 Å². The molecular formula is C12H13Cl2FO. The van der Waals surface area contributed by atoms with Crippen LogP contribution in [-0.4, -0.2) is 17.0 Å². The second-order valence-electron chi connectivity index (χ2n) is 3.51. The van der Waals surface area contributed by atoms with Gasteiger partial charge in [0.1, 0.15) is 11.5 Å². The van der Waals surface area contributed by atoms with Crippen molar-refractivity contribution in [1.29, 1.82) is 0 Å². The van der Waals surface area contributed by atoms with Crippen molar-refractivity contribution in [2.75, 3.05) is 5.88 Å². The molecule has 1 aromatic rings. The third-order valence-corrected chi connectivity index (χ3v) is 3.15. The Hall–Kier alpha value is -0.600. The highest BCUT2D eigenvalue weighted by Crippen LogP contribution is 2.23. The molecule has 4 heteroatoms. The summed E-state index contributed by atoms with van der Waals surface area (Å²) < 4.78 is 13.6. The lowest BCUT2D eigenvalue weighted by Gasteiger charge is -2.09. The Morgan fingerprint density at radius 2 is 1.94 bits per heavy atom. The minimum absolute atomic E-state index is 0.0721. The van der Waals surface area contributed by atoms with Crippen molar-refractivity contribution in [1.82, 2.24) is 0 Å². The minimum atomic E-state index is -1.12. The quantitative estimate of drug-likeness (QED) is 0.711. The molecule has 0 bridgehead atoms. The van der Waals surface area contributed by atoms with E-state index in [9.17, 15) is 9.18 Å². The molecule has 0 saturated carbocycles. The Balaban J connectivity index is 2.42. The topological polar surface area (TPSA) is 17.1 Å². The van der Waals surface area contributed by atoms with Gasteiger partial charge in [-0.05, 0) is 12.0 Å². The number of carbonyl (C=O) groups excluding carboxylic acids is 1. The third-order valence-electron chi connectivity index (χ3n) is 2.29. The van der Waals surface area contributed by atoms with Crippen LogP contribution in [-0.2, 0) is 4.79 Å². The van der Waals surface area contributed by atoms with Crippen LogP contribution in [0.3, 0.4) is 0 Å². The van der Waals surface area contributed by atoms with Crippen LogP contribution >= 0.6 is 23.2 Å². The molecule has 2 atom stereocenters. The van der Waals surface area contributed by atoms with Gasteiger partial charge in [0.2, 0.25) is 0 Å². The SMILES string of the molecule is O=C(CCC(F)c1ccccc1)C(Cl)CCl. The van der Waals surface area contributed by atoms with Crippen LogP contribution < -0.4 is 0 Å². The first-order valence-corrected chi connectivity index (χ1v) is 6.04. The summed E-state index contributed by atoms with van der Waals surface area (Å²) in [5.74, 6) is -0.127. The summed E-state index contributed by atoms with van der Waals surface area (Å²) in [5.41, 5.74) is 0.590. The Labute approximate surface area is 105 Å². The van der Waals surface area contributed by atoms with E-state index >= 15 is 0 Å². The highest BCUT2D eigenvalue weighted by Gasteiger charge is 2.17. The maximum absolute atomic E-state index is 13.6. The van der Waals surface area contributed by atoms with E-state index in [1.165, 1.54) is 0 Å². The van der Waals surface area contributed by atoms with Gasteiger partial charge >= 0.3 is 0 Å². The first-order chi connectivity index (χ1) is 7.65. The van der Waals surface area contributed by atoms with Gasteiger partial charge in [0.05, 0.1) is 0 Å². The lowest BCUT2D eigenvalue weighted by Crippen LogP contribution is -2.16. The van der Waals surface area contributed by atoms with E-state index < -0.39 is 11.5 Å². The summed E-state index contributed by atoms with van der Waals surface area (Å²) in [6.07, 6.45) is -0.843. The van der Waals surface area contributed by atoms with E-state index in [1.807, 2.05) is 6.07 Å². The lowest BCUT2D eigenvalue weighted by atomic mass is 10.0. The maximum atomic E-state index is 13.6. The fraction of sp³-hybridized carbons (Fsp3) is 0.417. The van der Waals surface area contributed by atoms with Gasteiger partial charge < -0.3 is 0 Å². The highest BCUT2D eigenvalue weighted by atomic mass is 35.5. The van der Waals surface area contributed by atoms with Crippen LogP contribution in [0, 0.1) is 0 Å². The molecule has 16 heavy (non-hydrogen) atoms. The molecule has 0 radical (unpaired) electrons. The Bertz CT molecular complexity index is 329. The van der Waals surface area contributed by atoms with E-state index in [1.54, 1.807) is 24.3 Å². The van der Waals surface area contributed by atoms with Crippen LogP contribution in [0.1, 0.15) is 24.6 Å². The van der Waals surface area contributed by atoms with E-state index in [0.29, 0.717) is 5.56 Å². The van der Waals surface area contributed by atoms with Crippen molar-refractivity contribution >= 4 is 29.0 Å². The monoisotopic (exact) mass is 262 g/mol. The van der Waals surface area contributed by atoms with E-state index in [-0.39, 0.29) is 24.5 Å². The molecule has 0 aromatic heterocycles. The lowest BCUT2D eigenvalue weighted by molar-refractivity contribution is -0.118. The second kappa shape index (κ2) is 6.87. The molecule has 0 aliphatic heterocycles. The van der Waals surface area contributed by atoms with Crippen molar-refractivity contribution in [3.8, 4) is 0 Å². The number of hydrogen-bond donors (Lipinski definition) is 0. The molecule has 0 spiro atoms. The molecule has 0 fully saturated rings. The van der Waals surface area contributed by atoms with Crippen molar-refractivity contribution in [2.45, 2.75) is 24.4 Å². The number of rotatable bonds is 6. The first-order valence-electron chi connectivity index (χ1n) is 5.07. The van der Waals surface area contributed by atoms with Gasteiger partial charge in [-0.2, -0.15) is 0 Å². The third kappa shape index (κ3) is 4.11. The first kappa shape index (κ1) is 13.5. The molecule has 0 amide bonds. The van der Waals surface area contributed by atoms with Gasteiger partial charge in [-0.3, -0.25) is 4.79 Å². The minimum Gasteiger partial charge on any atom is -0.298 e. The fourth-order valence-electron chi connectivity index (χ4n) is 1.34. The zero-order chi connectivity index (χ0) is 12.0. The molecule has 88 valence electrons. The number of carbonyl (C=O) groups is 1. The summed E-state index contributed by atoms with van der Waals surface area (Å²) in [6.45, 7) is 0. The van der Waals surface area contributed by atoms with Crippen molar-refractivity contribution in [2.24, 2.45) is 0 Å². The molecule has 0 aliphatic carbocycles. The van der Waals surface area contributed by atoms with Crippen LogP contribution in [0.25, 0.3) is 0 Å². The van der Waals surface area contributed by atoms with Gasteiger partial charge in [-0.15, -0.1) is 23.2 Å². The summed E-state index contributed by atoms with van der Waals surface area (Å²) in [7, 11) is 0. The zero-order valence-corrected chi connectivity index (χ0v) is 10.2. The largest absolute Gasteiger partial charge is 0.298 e. The molecule has 0 heterocycles. The van der Waals surface area contributed by atoms with E-state index in [0.717, 1.165) is 0 Å². The summed E-state index contributed by atoms with van der Waals surface area (Å²) in [5, 5.41) is -0.704. The molecule has 0 N–H and O–H groups in total. The van der Waals surface area contributed by atoms with Crippen molar-refractivity contribution < 1.29 is 9.18 Å². The summed E-state index contributed by atoms with van der Waals surface area (Å²) in [6, 6.07) is 8.77. The Kier molecular flexibility index (Phi) is 5.78. The summed E-state index contributed by atoms with van der Waals surface area (Å²) >= 11 is 11.1. The fourth-order valence-corrected chi connectivity index (χ4v) is 1.62. The Morgan fingerprint density at radius 3 is 2.50 bits per heavy atom. The number of benzene rings is 1. The number of Topliss-reactive ketones (excluding diaryl/α,β-unsaturated/α-hetero) is 1. The van der Waals surface area contributed by atoms with Gasteiger partial charge in [-0.25, -0.2) is 4.39 Å². The van der Waals surface area contributed by atoms with Crippen molar-refractivity contribution in [3.63, 3.8) is 0 Å². The van der Waals surface area contributed by atoms with Gasteiger partial charge in [0.25, 0.3) is 0 Å². The molecule has 2 unspecified atom stereocenters. The number of hydrogen-bond acceptors (Lipinski definition) is 1.